The van der Waals surface area contributed by atoms with Crippen LogP contribution in [0.25, 0.3) is 0 Å². The number of benzene rings is 1. The van der Waals surface area contributed by atoms with Gasteiger partial charge in [-0.1, -0.05) is 64.4 Å². The normalized spacial score (nSPS) is 28.4. The van der Waals surface area contributed by atoms with Crippen molar-refractivity contribution in [1.82, 2.24) is 31.2 Å². The Morgan fingerprint density at radius 3 is 1.94 bits per heavy atom. The molecule has 3 aliphatic rings. The second-order valence-corrected chi connectivity index (χ2v) is 16.4. The largest absolute Gasteiger partial charge is 0.474 e. The summed E-state index contributed by atoms with van der Waals surface area (Å²) in [6.07, 6.45) is 0.442. The van der Waals surface area contributed by atoms with Gasteiger partial charge < -0.3 is 30.7 Å². The van der Waals surface area contributed by atoms with Crippen LogP contribution in [-0.4, -0.2) is 81.8 Å². The van der Waals surface area contributed by atoms with Gasteiger partial charge in [-0.2, -0.15) is 0 Å². The molecule has 1 aromatic carbocycles. The fourth-order valence-electron chi connectivity index (χ4n) is 6.56. The second-order valence-electron chi connectivity index (χ2n) is 14.6. The van der Waals surface area contributed by atoms with Gasteiger partial charge in [-0.05, 0) is 51.0 Å². The molecule has 8 bridgehead atoms. The van der Waals surface area contributed by atoms with Crippen molar-refractivity contribution in [3.05, 3.63) is 68.1 Å². The molecule has 4 amide bonds. The summed E-state index contributed by atoms with van der Waals surface area (Å²) in [6.45, 7) is 13.4. The number of thiazole rings is 2. The van der Waals surface area contributed by atoms with Gasteiger partial charge >= 0.3 is 0 Å². The summed E-state index contributed by atoms with van der Waals surface area (Å²) in [6, 6.07) is 5.63. The summed E-state index contributed by atoms with van der Waals surface area (Å²) in [5.74, 6) is -0.939. The lowest BCUT2D eigenvalue weighted by Gasteiger charge is -2.24. The van der Waals surface area contributed by atoms with Crippen LogP contribution in [-0.2, 0) is 25.5 Å². The fourth-order valence-corrected chi connectivity index (χ4v) is 8.21. The van der Waals surface area contributed by atoms with Crippen LogP contribution < -0.4 is 21.3 Å². The van der Waals surface area contributed by atoms with Crippen LogP contribution in [0.5, 0.6) is 0 Å². The smallest absolute Gasteiger partial charge is 0.271 e. The minimum atomic E-state index is -0.886. The van der Waals surface area contributed by atoms with Crippen LogP contribution in [0.2, 0.25) is 0 Å². The van der Waals surface area contributed by atoms with Crippen molar-refractivity contribution in [2.45, 2.75) is 116 Å². The summed E-state index contributed by atoms with van der Waals surface area (Å²) in [7, 11) is 0. The Morgan fingerprint density at radius 2 is 1.30 bits per heavy atom. The summed E-state index contributed by atoms with van der Waals surface area (Å²) >= 11 is 2.53. The van der Waals surface area contributed by atoms with E-state index in [9.17, 15) is 19.2 Å². The number of rotatable bonds is 6. The van der Waals surface area contributed by atoms with E-state index in [1.807, 2.05) is 58.0 Å². The quantitative estimate of drug-likeness (QED) is 0.281. The number of aliphatic imine (C=N–C) groups is 2. The van der Waals surface area contributed by atoms with E-state index in [-0.39, 0.29) is 46.8 Å². The van der Waals surface area contributed by atoms with Crippen LogP contribution in [0.3, 0.4) is 0 Å². The van der Waals surface area contributed by atoms with Gasteiger partial charge in [0.25, 0.3) is 11.8 Å². The Balaban J connectivity index is 1.37. The van der Waals surface area contributed by atoms with Crippen molar-refractivity contribution in [2.75, 3.05) is 0 Å². The van der Waals surface area contributed by atoms with Gasteiger partial charge in [0.05, 0.1) is 12.1 Å². The molecule has 3 aromatic rings. The predicted octanol–water partition coefficient (Wildman–Crippen LogP) is 4.55. The first-order valence-corrected chi connectivity index (χ1v) is 20.2. The Hall–Kier alpha value is -4.70. The number of amides is 4. The Kier molecular flexibility index (Phi) is 12.1. The molecule has 54 heavy (non-hydrogen) atoms. The number of hydrogen-bond donors (Lipinski definition) is 4. The minimum Gasteiger partial charge on any atom is -0.474 e. The van der Waals surface area contributed by atoms with Gasteiger partial charge in [-0.15, -0.1) is 22.7 Å². The van der Waals surface area contributed by atoms with E-state index >= 15 is 0 Å². The Bertz CT molecular complexity index is 1910. The molecule has 0 saturated carbocycles. The van der Waals surface area contributed by atoms with Crippen molar-refractivity contribution < 1.29 is 28.7 Å². The first kappa shape index (κ1) is 39.0. The maximum atomic E-state index is 14.0. The van der Waals surface area contributed by atoms with E-state index in [0.29, 0.717) is 29.3 Å². The zero-order valence-electron chi connectivity index (χ0n) is 31.5. The first-order chi connectivity index (χ1) is 25.8. The molecule has 16 heteroatoms. The molecule has 3 unspecified atom stereocenters. The van der Waals surface area contributed by atoms with Gasteiger partial charge in [0, 0.05) is 10.8 Å². The number of aromatic nitrogens is 2. The zero-order chi connectivity index (χ0) is 38.7. The van der Waals surface area contributed by atoms with Crippen LogP contribution >= 0.6 is 22.7 Å². The van der Waals surface area contributed by atoms with Crippen LogP contribution in [0.1, 0.15) is 110 Å². The Morgan fingerprint density at radius 1 is 0.722 bits per heavy atom. The number of carbonyl (C=O) groups excluding carboxylic acids is 4. The molecule has 5 heterocycles. The number of hydrogen-bond acceptors (Lipinski definition) is 12. The van der Waals surface area contributed by atoms with Gasteiger partial charge in [0.1, 0.15) is 45.7 Å². The number of fused-ring (bicyclic) bond motifs is 6. The van der Waals surface area contributed by atoms with Crippen molar-refractivity contribution in [2.24, 2.45) is 21.8 Å². The number of ether oxygens (including phenoxy) is 2. The number of nitrogens with one attached hydrogen (secondary N) is 4. The molecule has 0 saturated heterocycles. The van der Waals surface area contributed by atoms with Gasteiger partial charge in [-0.25, -0.2) is 20.0 Å². The van der Waals surface area contributed by atoms with E-state index in [2.05, 4.69) is 31.2 Å². The van der Waals surface area contributed by atoms with Crippen molar-refractivity contribution in [3.63, 3.8) is 0 Å². The predicted molar refractivity (Wildman–Crippen MR) is 207 cm³/mol. The van der Waals surface area contributed by atoms with Crippen molar-refractivity contribution >= 4 is 58.1 Å². The van der Waals surface area contributed by atoms with E-state index in [1.54, 1.807) is 31.5 Å². The zero-order valence-corrected chi connectivity index (χ0v) is 33.1. The van der Waals surface area contributed by atoms with Crippen LogP contribution in [0.15, 0.2) is 51.1 Å². The highest BCUT2D eigenvalue weighted by atomic mass is 32.1. The van der Waals surface area contributed by atoms with Crippen LogP contribution in [0, 0.1) is 11.8 Å². The third-order valence-corrected chi connectivity index (χ3v) is 11.8. The fraction of sp³-hybridized carbons (Fsp3) is 0.526. The molecule has 6 rings (SSSR count). The standard InChI is InChI=1S/C38H48N8O6S2/c1-8-19(4)28-36-46-29(22(7)52-36)33(49)39-20(5)37-42-26(16-53-37)31(47)40-24(14-18(2)3)35-45-30(21(6)51-35)34(50)41-25(15-23-12-10-9-11-13-23)38-43-27(17-54-38)32(48)44-28/h9-13,16-22,24-25,28-30H,8,14-15H2,1-7H3,(H,39,49)(H,40,47)(H,41,50)(H,44,48)/t19?,20-,21-,22-,24+,25-,28+,29?,30?/m1/s1. The lowest BCUT2D eigenvalue weighted by Crippen LogP contribution is -2.45. The van der Waals surface area contributed by atoms with Crippen molar-refractivity contribution in [3.8, 4) is 0 Å². The average molecular weight is 777 g/mol. The van der Waals surface area contributed by atoms with Crippen molar-refractivity contribution in [1.29, 1.82) is 0 Å². The molecular weight excluding hydrogens is 729 g/mol. The van der Waals surface area contributed by atoms with Crippen LogP contribution in [0.4, 0.5) is 0 Å². The van der Waals surface area contributed by atoms with Gasteiger partial charge in [0.2, 0.25) is 23.6 Å². The molecule has 2 aromatic heterocycles. The summed E-state index contributed by atoms with van der Waals surface area (Å²) in [5, 5.41) is 16.6. The second kappa shape index (κ2) is 16.8. The van der Waals surface area contributed by atoms with E-state index in [4.69, 9.17) is 19.5 Å². The molecule has 0 fully saturated rings. The first-order valence-electron chi connectivity index (χ1n) is 18.5. The molecule has 9 atom stereocenters. The topological polar surface area (TPSA) is 185 Å². The SMILES string of the molecule is CCC(C)[C@@H]1NC(=O)c2csc(n2)[C@@H](Cc2ccccc2)NC(=O)C2N=C(O[C@@H]2C)[C@H](CC(C)C)NC(=O)c2csc(n2)[C@@H](C)NC(=O)C2N=C1O[C@@H]2C. The molecule has 0 radical (unpaired) electrons. The Labute approximate surface area is 323 Å². The highest BCUT2D eigenvalue weighted by Crippen LogP contribution is 2.27. The summed E-state index contributed by atoms with van der Waals surface area (Å²) in [4.78, 5) is 73.6. The molecule has 0 spiro atoms. The third kappa shape index (κ3) is 8.81. The van der Waals surface area contributed by atoms with Gasteiger partial charge in [0.15, 0.2) is 12.1 Å². The monoisotopic (exact) mass is 776 g/mol. The molecule has 3 aliphatic heterocycles. The lowest BCUT2D eigenvalue weighted by atomic mass is 9.98. The molecule has 14 nitrogen and oxygen atoms in total. The summed E-state index contributed by atoms with van der Waals surface area (Å²) < 4.78 is 12.3. The average Bonchev–Trinajstić information content (AvgIpc) is 3.96. The number of carbonyl (C=O) groups is 4. The van der Waals surface area contributed by atoms with E-state index < -0.39 is 60.3 Å². The molecule has 4 N–H and O–H groups in total. The molecule has 0 aliphatic carbocycles. The maximum absolute atomic E-state index is 14.0. The van der Waals surface area contributed by atoms with E-state index in [1.165, 1.54) is 22.7 Å². The maximum Gasteiger partial charge on any atom is 0.271 e. The lowest BCUT2D eigenvalue weighted by molar-refractivity contribution is -0.125. The van der Waals surface area contributed by atoms with Gasteiger partial charge in [-0.3, -0.25) is 19.2 Å². The third-order valence-electron chi connectivity index (χ3n) is 9.78. The van der Waals surface area contributed by atoms with E-state index in [0.717, 1.165) is 5.56 Å². The molecule has 288 valence electrons. The highest BCUT2D eigenvalue weighted by Gasteiger charge is 2.41. The number of nitrogens with zero attached hydrogens (tertiary/aromatic N) is 4. The minimum absolute atomic E-state index is 0.0801. The summed E-state index contributed by atoms with van der Waals surface area (Å²) in [5.41, 5.74) is 1.35. The highest BCUT2D eigenvalue weighted by molar-refractivity contribution is 7.10. The molecular formula is C38H48N8O6S2.